The maximum absolute atomic E-state index is 12.8. The van der Waals surface area contributed by atoms with Crippen LogP contribution in [0.15, 0.2) is 135 Å². The number of nitrogens with zero attached hydrogens (tertiary/aromatic N) is 4. The number of hydrogen-bond acceptors (Lipinski definition) is 11. The van der Waals surface area contributed by atoms with Gasteiger partial charge in [-0.05, 0) is 150 Å². The first-order valence-electron chi connectivity index (χ1n) is 25.2. The highest BCUT2D eigenvalue weighted by Gasteiger charge is 2.27. The molecule has 2 aliphatic carbocycles. The number of aryl methyl sites for hydroxylation is 2. The number of carbonyl (C=O) groups is 4. The lowest BCUT2D eigenvalue weighted by molar-refractivity contribution is -0.112. The van der Waals surface area contributed by atoms with Crippen LogP contribution in [0.25, 0.3) is 44.3 Å². The molecule has 2 fully saturated rings. The highest BCUT2D eigenvalue weighted by molar-refractivity contribution is 6.66. The predicted molar refractivity (Wildman–Crippen MR) is 316 cm³/mol. The van der Waals surface area contributed by atoms with Gasteiger partial charge in [-0.15, -0.1) is 0 Å². The number of nitrogens with two attached hydrogens (primary N) is 1. The maximum Gasteiger partial charge on any atom is 0.251 e. The van der Waals surface area contributed by atoms with Crippen molar-refractivity contribution < 1.29 is 19.2 Å². The van der Waals surface area contributed by atoms with Crippen LogP contribution in [0.2, 0.25) is 10.0 Å². The van der Waals surface area contributed by atoms with E-state index >= 15 is 0 Å². The van der Waals surface area contributed by atoms with Gasteiger partial charge in [-0.1, -0.05) is 80.2 Å². The van der Waals surface area contributed by atoms with E-state index in [0.717, 1.165) is 102 Å². The van der Waals surface area contributed by atoms with Crippen LogP contribution in [0.1, 0.15) is 90.9 Å². The Bertz CT molecular complexity index is 3430. The second-order valence-electron chi connectivity index (χ2n) is 18.9. The van der Waals surface area contributed by atoms with Gasteiger partial charge < -0.3 is 42.3 Å². The number of nitrogen functional groups attached to an aromatic ring is 1. The number of H-pyrrole nitrogens is 2. The lowest BCUT2D eigenvalue weighted by Crippen LogP contribution is -2.42. The van der Waals surface area contributed by atoms with Crippen molar-refractivity contribution in [2.75, 3.05) is 21.7 Å². The summed E-state index contributed by atoms with van der Waals surface area (Å²) in [6, 6.07) is 30.4. The largest absolute Gasteiger partial charge is 0.399 e. The van der Waals surface area contributed by atoms with E-state index in [1.165, 1.54) is 6.08 Å². The van der Waals surface area contributed by atoms with E-state index in [-0.39, 0.29) is 49.3 Å². The summed E-state index contributed by atoms with van der Waals surface area (Å²) in [7, 11) is 0. The molecular formula is C59H63Cl3N12O4. The Morgan fingerprint density at radius 1 is 0.615 bits per heavy atom. The molecule has 0 saturated heterocycles. The summed E-state index contributed by atoms with van der Waals surface area (Å²) in [6.07, 6.45) is 12.9. The number of nitrogens with one attached hydrogen (secondary N) is 7. The molecule has 4 heterocycles. The molecule has 0 spiro atoms. The van der Waals surface area contributed by atoms with Crippen molar-refractivity contribution in [3.8, 4) is 22.5 Å². The van der Waals surface area contributed by atoms with Gasteiger partial charge in [-0.3, -0.25) is 19.2 Å². The van der Waals surface area contributed by atoms with E-state index in [1.807, 2.05) is 50.2 Å². The monoisotopic (exact) mass is 1110 g/mol. The van der Waals surface area contributed by atoms with Gasteiger partial charge in [0.2, 0.25) is 23.0 Å². The molecule has 2 aliphatic rings. The summed E-state index contributed by atoms with van der Waals surface area (Å²) in [6.45, 7) is 10.6. The van der Waals surface area contributed by atoms with Crippen molar-refractivity contribution in [1.82, 2.24) is 40.5 Å². The Morgan fingerprint density at radius 3 is 1.45 bits per heavy atom. The lowest BCUT2D eigenvalue weighted by atomic mass is 9.91. The van der Waals surface area contributed by atoms with Crippen molar-refractivity contribution in [3.05, 3.63) is 167 Å². The molecule has 404 valence electrons. The van der Waals surface area contributed by atoms with Gasteiger partial charge in [0.15, 0.2) is 0 Å². The Balaban J connectivity index is 0.000000207. The Kier molecular flexibility index (Phi) is 19.8. The number of aromatic amines is 2. The normalized spacial score (nSPS) is 16.6. The summed E-state index contributed by atoms with van der Waals surface area (Å²) in [5, 5.41) is 18.5. The zero-order chi connectivity index (χ0) is 54.6. The lowest BCUT2D eigenvalue weighted by Gasteiger charge is -2.30. The average Bonchev–Trinajstić information content (AvgIpc) is 3.95. The number of rotatable bonds is 13. The van der Waals surface area contributed by atoms with Crippen molar-refractivity contribution in [2.45, 2.75) is 96.8 Å². The topological polar surface area (TPSA) is 238 Å². The van der Waals surface area contributed by atoms with E-state index in [9.17, 15) is 19.2 Å². The summed E-state index contributed by atoms with van der Waals surface area (Å²) < 4.78 is 0. The smallest absolute Gasteiger partial charge is 0.251 e. The fourth-order valence-corrected chi connectivity index (χ4v) is 10.1. The van der Waals surface area contributed by atoms with Gasteiger partial charge in [-0.2, -0.15) is 0 Å². The van der Waals surface area contributed by atoms with E-state index in [2.05, 4.69) is 71.8 Å². The SMILES string of the molecule is C.C=CC(=O)Cl.C=CC(=O)Nc1ccc(C(=O)N[C@H]2CCCC(Nc3ncc(Cl)c(-c4c(C)[nH]c5ccccc45)n3)C2)cc1.Cc1[nH]c2ccccc2c1-c1nc(NC2CCC[C@H](NC(=O)c3ccc(N)cc3)C2)ncc1Cl. The second kappa shape index (κ2) is 26.8. The molecule has 78 heavy (non-hydrogen) atoms. The maximum atomic E-state index is 12.8. The Morgan fingerprint density at radius 2 is 1.03 bits per heavy atom. The van der Waals surface area contributed by atoms with Crippen LogP contribution in [0.5, 0.6) is 0 Å². The standard InChI is InChI=1S/C29H29ClN6O2.C26H27ClN6O.C3H3ClO.CH4/c1-3-25(37)33-19-13-11-18(12-14-19)28(38)34-20-7-6-8-21(15-20)35-29-31-16-23(30)27(36-29)26-17(2)32-24-10-5-4-9-22(24)26;1-15-23(20-7-2-3-8-22(20)30-15)24-21(27)14-29-26(33-24)32-19-6-4-5-18(13-19)31-25(34)16-9-11-17(28)12-10-16;1-2-3(4)5;/h3-5,9-14,16,20-21,32H,1,6-8,15H2,2H3,(H,33,37)(H,34,38)(H,31,35,36);2-3,7-12,14,18-19,30H,4-6,13,28H2,1H3,(H,31,34)(H,29,32,33);2H,1H2;1H4/t20-,21?;18-,19?;;/m00../s1. The molecule has 3 amide bonds. The van der Waals surface area contributed by atoms with Gasteiger partial charge in [0.05, 0.1) is 33.8 Å². The third kappa shape index (κ3) is 14.7. The van der Waals surface area contributed by atoms with Gasteiger partial charge in [0.1, 0.15) is 0 Å². The van der Waals surface area contributed by atoms with Gasteiger partial charge >= 0.3 is 0 Å². The minimum absolute atomic E-state index is 0. The number of fused-ring (bicyclic) bond motifs is 2. The number of anilines is 4. The average molecular weight is 1110 g/mol. The quantitative estimate of drug-likeness (QED) is 0.0307. The molecule has 4 atom stereocenters. The fourth-order valence-electron chi connectivity index (χ4n) is 9.73. The van der Waals surface area contributed by atoms with Crippen molar-refractivity contribution in [3.63, 3.8) is 0 Å². The molecule has 0 radical (unpaired) electrons. The van der Waals surface area contributed by atoms with E-state index in [4.69, 9.17) is 50.5 Å². The molecule has 16 nitrogen and oxygen atoms in total. The molecule has 8 aromatic rings. The fraction of sp³-hybridized carbons (Fsp3) is 0.254. The minimum Gasteiger partial charge on any atom is -0.399 e. The van der Waals surface area contributed by atoms with Crippen LogP contribution >= 0.6 is 34.8 Å². The molecule has 4 aromatic heterocycles. The molecule has 0 bridgehead atoms. The van der Waals surface area contributed by atoms with E-state index in [0.29, 0.717) is 55.8 Å². The van der Waals surface area contributed by atoms with E-state index < -0.39 is 5.24 Å². The van der Waals surface area contributed by atoms with Crippen LogP contribution < -0.4 is 32.3 Å². The van der Waals surface area contributed by atoms with Crippen LogP contribution in [0, 0.1) is 13.8 Å². The summed E-state index contributed by atoms with van der Waals surface area (Å²) in [5.74, 6) is 0.543. The summed E-state index contributed by atoms with van der Waals surface area (Å²) >= 11 is 17.8. The number of halogens is 3. The third-order valence-corrected chi connectivity index (χ3v) is 14.1. The zero-order valence-corrected chi connectivity index (χ0v) is 44.8. The molecule has 4 aromatic carbocycles. The Hall–Kier alpha value is -8.05. The molecule has 19 heteroatoms. The van der Waals surface area contributed by atoms with Crippen molar-refractivity contribution in [1.29, 1.82) is 0 Å². The second-order valence-corrected chi connectivity index (χ2v) is 20.1. The molecule has 9 N–H and O–H groups in total. The van der Waals surface area contributed by atoms with Gasteiger partial charge in [-0.25, -0.2) is 19.9 Å². The first kappa shape index (κ1) is 57.7. The van der Waals surface area contributed by atoms with Crippen LogP contribution in [-0.2, 0) is 9.59 Å². The first-order valence-corrected chi connectivity index (χ1v) is 26.4. The van der Waals surface area contributed by atoms with Crippen molar-refractivity contribution in [2.24, 2.45) is 0 Å². The number of para-hydroxylation sites is 2. The number of amides is 3. The Labute approximate surface area is 468 Å². The minimum atomic E-state index is -0.509. The molecule has 0 aliphatic heterocycles. The van der Waals surface area contributed by atoms with Crippen LogP contribution in [-0.4, -0.2) is 77.0 Å². The number of hydrogen-bond donors (Lipinski definition) is 8. The van der Waals surface area contributed by atoms with Crippen molar-refractivity contribution >= 4 is 103 Å². The number of allylic oxidation sites excluding steroid dienone is 1. The summed E-state index contributed by atoms with van der Waals surface area (Å²) in [4.78, 5) is 71.6. The van der Waals surface area contributed by atoms with E-state index in [1.54, 1.807) is 60.9 Å². The first-order chi connectivity index (χ1) is 37.2. The number of aromatic nitrogens is 6. The highest BCUT2D eigenvalue weighted by atomic mass is 35.5. The molecule has 2 saturated carbocycles. The molecular weight excluding hydrogens is 1050 g/mol. The number of carbonyl (C=O) groups excluding carboxylic acids is 4. The van der Waals surface area contributed by atoms with Gasteiger partial charge in [0, 0.05) is 91.0 Å². The van der Waals surface area contributed by atoms with Crippen LogP contribution in [0.3, 0.4) is 0 Å². The predicted octanol–water partition coefficient (Wildman–Crippen LogP) is 12.8. The number of benzene rings is 4. The third-order valence-electron chi connectivity index (χ3n) is 13.4. The summed E-state index contributed by atoms with van der Waals surface area (Å²) in [5.41, 5.74) is 15.6. The highest BCUT2D eigenvalue weighted by Crippen LogP contribution is 2.37. The zero-order valence-electron chi connectivity index (χ0n) is 42.6. The van der Waals surface area contributed by atoms with Crippen LogP contribution in [0.4, 0.5) is 23.3 Å². The van der Waals surface area contributed by atoms with Gasteiger partial charge in [0.25, 0.3) is 11.8 Å². The molecule has 10 rings (SSSR count). The molecule has 2 unspecified atom stereocenters.